The lowest BCUT2D eigenvalue weighted by Crippen LogP contribution is -2.39. The summed E-state index contributed by atoms with van der Waals surface area (Å²) in [6, 6.07) is 3.12. The molecule has 0 radical (unpaired) electrons. The molecule has 5 nitrogen and oxygen atoms in total. The van der Waals surface area contributed by atoms with Crippen molar-refractivity contribution < 1.29 is 18.4 Å². The molecule has 0 aliphatic carbocycles. The third-order valence-corrected chi connectivity index (χ3v) is 5.35. The molecule has 0 saturated carbocycles. The highest BCUT2D eigenvalue weighted by atomic mass is 19.1. The molecule has 1 heterocycles. The number of benzene rings is 1. The summed E-state index contributed by atoms with van der Waals surface area (Å²) in [4.78, 5) is 27.7. The van der Waals surface area contributed by atoms with Gasteiger partial charge in [-0.05, 0) is 38.5 Å². The van der Waals surface area contributed by atoms with E-state index in [1.807, 2.05) is 0 Å². The van der Waals surface area contributed by atoms with Gasteiger partial charge in [0.15, 0.2) is 0 Å². The van der Waals surface area contributed by atoms with Crippen LogP contribution in [0.4, 0.5) is 8.78 Å². The number of amides is 2. The lowest BCUT2D eigenvalue weighted by molar-refractivity contribution is -0.130. The summed E-state index contributed by atoms with van der Waals surface area (Å²) < 4.78 is 27.0. The summed E-state index contributed by atoms with van der Waals surface area (Å²) in [7, 11) is 1.74. The summed E-state index contributed by atoms with van der Waals surface area (Å²) in [5, 5.41) is 3.13. The van der Waals surface area contributed by atoms with Gasteiger partial charge in [-0.2, -0.15) is 0 Å². The third-order valence-electron chi connectivity index (χ3n) is 5.35. The molecule has 0 bridgehead atoms. The van der Waals surface area contributed by atoms with E-state index in [-0.39, 0.29) is 23.9 Å². The van der Waals surface area contributed by atoms with Gasteiger partial charge in [-0.25, -0.2) is 8.78 Å². The topological polar surface area (TPSA) is 52.7 Å². The maximum Gasteiger partial charge on any atom is 0.253 e. The highest BCUT2D eigenvalue weighted by molar-refractivity contribution is 5.96. The second kappa shape index (κ2) is 10.2. The van der Waals surface area contributed by atoms with Gasteiger partial charge in [0.05, 0.1) is 12.1 Å². The molecular formula is C23H29F2N3O2. The van der Waals surface area contributed by atoms with Crippen LogP contribution in [0.2, 0.25) is 0 Å². The minimum Gasteiger partial charge on any atom is -0.382 e. The van der Waals surface area contributed by atoms with E-state index in [1.165, 1.54) is 25.1 Å². The molecule has 1 saturated heterocycles. The fourth-order valence-corrected chi connectivity index (χ4v) is 3.44. The van der Waals surface area contributed by atoms with Crippen LogP contribution >= 0.6 is 0 Å². The predicted molar refractivity (Wildman–Crippen MR) is 113 cm³/mol. The molecule has 1 fully saturated rings. The number of nitrogens with zero attached hydrogens (tertiary/aromatic N) is 2. The molecule has 1 aromatic rings. The van der Waals surface area contributed by atoms with E-state index in [9.17, 15) is 18.4 Å². The van der Waals surface area contributed by atoms with E-state index in [4.69, 9.17) is 0 Å². The normalized spacial score (nSPS) is 18.2. The fraction of sp³-hybridized carbons (Fsp3) is 0.391. The van der Waals surface area contributed by atoms with Gasteiger partial charge in [0.1, 0.15) is 11.6 Å². The minimum atomic E-state index is -0.619. The van der Waals surface area contributed by atoms with Crippen LogP contribution in [0.5, 0.6) is 0 Å². The Labute approximate surface area is 176 Å². The molecule has 7 heteroatoms. The maximum absolute atomic E-state index is 13.9. The SMILES string of the molecule is C=C/C(=C\C=C(/C)N[C@@H](C)c1ccc(F)cc1F)C(=O)N1CC[C@H](N(C)C(C)=O)C1. The number of carbonyl (C=O) groups excluding carboxylic acids is 2. The van der Waals surface area contributed by atoms with Crippen LogP contribution in [0.3, 0.4) is 0 Å². The monoisotopic (exact) mass is 417 g/mol. The molecule has 2 rings (SSSR count). The van der Waals surface area contributed by atoms with Crippen molar-refractivity contribution in [2.45, 2.75) is 39.3 Å². The van der Waals surface area contributed by atoms with Gasteiger partial charge < -0.3 is 15.1 Å². The molecule has 162 valence electrons. The number of nitrogens with one attached hydrogen (secondary N) is 1. The molecule has 0 spiro atoms. The number of likely N-dealkylation sites (N-methyl/N-ethyl adjacent to an activating group) is 1. The van der Waals surface area contributed by atoms with Gasteiger partial charge in [0.25, 0.3) is 5.91 Å². The Morgan fingerprint density at radius 1 is 1.30 bits per heavy atom. The van der Waals surface area contributed by atoms with E-state index in [0.717, 1.165) is 12.5 Å². The Bertz CT molecular complexity index is 879. The van der Waals surface area contributed by atoms with Crippen LogP contribution in [0.25, 0.3) is 0 Å². The van der Waals surface area contributed by atoms with Gasteiger partial charge >= 0.3 is 0 Å². The quantitative estimate of drug-likeness (QED) is 0.544. The van der Waals surface area contributed by atoms with Crippen molar-refractivity contribution in [1.29, 1.82) is 0 Å². The van der Waals surface area contributed by atoms with Crippen molar-refractivity contribution in [3.63, 3.8) is 0 Å². The number of hydrogen-bond donors (Lipinski definition) is 1. The van der Waals surface area contributed by atoms with E-state index in [0.29, 0.717) is 29.9 Å². The second-order valence-electron chi connectivity index (χ2n) is 7.53. The second-order valence-corrected chi connectivity index (χ2v) is 7.53. The lowest BCUT2D eigenvalue weighted by Gasteiger charge is -2.23. The smallest absolute Gasteiger partial charge is 0.253 e. The Kier molecular flexibility index (Phi) is 7.92. The van der Waals surface area contributed by atoms with E-state index >= 15 is 0 Å². The molecular weight excluding hydrogens is 388 g/mol. The first-order valence-electron chi connectivity index (χ1n) is 9.89. The van der Waals surface area contributed by atoms with Crippen LogP contribution < -0.4 is 5.32 Å². The van der Waals surface area contributed by atoms with Crippen LogP contribution in [0.15, 0.2) is 54.3 Å². The lowest BCUT2D eigenvalue weighted by atomic mass is 10.1. The van der Waals surface area contributed by atoms with Crippen molar-refractivity contribution in [3.05, 3.63) is 71.5 Å². The van der Waals surface area contributed by atoms with Crippen molar-refractivity contribution in [2.75, 3.05) is 20.1 Å². The number of carbonyl (C=O) groups is 2. The van der Waals surface area contributed by atoms with Gasteiger partial charge in [0, 0.05) is 50.0 Å². The van der Waals surface area contributed by atoms with E-state index < -0.39 is 11.6 Å². The molecule has 2 amide bonds. The Morgan fingerprint density at radius 3 is 2.60 bits per heavy atom. The first kappa shape index (κ1) is 23.3. The van der Waals surface area contributed by atoms with Gasteiger partial charge in [0.2, 0.25) is 5.91 Å². The summed E-state index contributed by atoms with van der Waals surface area (Å²) in [6.07, 6.45) is 5.62. The highest BCUT2D eigenvalue weighted by Crippen LogP contribution is 2.20. The number of halogens is 2. The predicted octanol–water partition coefficient (Wildman–Crippen LogP) is 3.71. The zero-order valence-electron chi connectivity index (χ0n) is 17.9. The summed E-state index contributed by atoms with van der Waals surface area (Å²) >= 11 is 0. The van der Waals surface area contributed by atoms with Crippen molar-refractivity contribution >= 4 is 11.8 Å². The van der Waals surface area contributed by atoms with Crippen molar-refractivity contribution in [1.82, 2.24) is 15.1 Å². The molecule has 30 heavy (non-hydrogen) atoms. The van der Waals surface area contributed by atoms with E-state index in [2.05, 4.69) is 11.9 Å². The van der Waals surface area contributed by atoms with Gasteiger partial charge in [-0.3, -0.25) is 9.59 Å². The summed E-state index contributed by atoms with van der Waals surface area (Å²) in [6.45, 7) is 9.88. The largest absolute Gasteiger partial charge is 0.382 e. The number of likely N-dealkylation sites (tertiary alicyclic amines) is 1. The number of hydrogen-bond acceptors (Lipinski definition) is 3. The van der Waals surface area contributed by atoms with Gasteiger partial charge in [-0.1, -0.05) is 18.7 Å². The van der Waals surface area contributed by atoms with Crippen molar-refractivity contribution in [3.8, 4) is 0 Å². The number of rotatable bonds is 7. The Balaban J connectivity index is 2.04. The maximum atomic E-state index is 13.9. The zero-order valence-corrected chi connectivity index (χ0v) is 17.9. The first-order valence-corrected chi connectivity index (χ1v) is 9.89. The molecule has 0 aromatic heterocycles. The molecule has 1 aliphatic heterocycles. The number of allylic oxidation sites excluding steroid dienone is 3. The minimum absolute atomic E-state index is 0.0166. The van der Waals surface area contributed by atoms with Crippen LogP contribution in [0.1, 0.15) is 38.8 Å². The highest BCUT2D eigenvalue weighted by Gasteiger charge is 2.30. The zero-order chi connectivity index (χ0) is 22.4. The van der Waals surface area contributed by atoms with Crippen LogP contribution in [0, 0.1) is 11.6 Å². The van der Waals surface area contributed by atoms with E-state index in [1.54, 1.807) is 42.8 Å². The summed E-state index contributed by atoms with van der Waals surface area (Å²) in [5.41, 5.74) is 1.50. The molecule has 1 N–H and O–H groups in total. The average Bonchev–Trinajstić information content (AvgIpc) is 3.17. The van der Waals surface area contributed by atoms with Crippen LogP contribution in [-0.2, 0) is 9.59 Å². The molecule has 2 atom stereocenters. The molecule has 1 aliphatic rings. The first-order chi connectivity index (χ1) is 14.1. The average molecular weight is 418 g/mol. The summed E-state index contributed by atoms with van der Waals surface area (Å²) in [5.74, 6) is -1.40. The molecule has 0 unspecified atom stereocenters. The standard InChI is InChI=1S/C23H29F2N3O2/c1-6-18(23(30)28-12-11-20(14-28)27(5)17(4)29)8-7-15(2)26-16(3)21-10-9-19(24)13-22(21)25/h6-10,13,16,20,26H,1,11-12,14H2,2-5H3/b15-7+,18-8+/t16-,20-/m0/s1. The third kappa shape index (κ3) is 5.78. The Hall–Kier alpha value is -2.96. The van der Waals surface area contributed by atoms with Crippen LogP contribution in [-0.4, -0.2) is 47.8 Å². The fourth-order valence-electron chi connectivity index (χ4n) is 3.44. The van der Waals surface area contributed by atoms with Crippen molar-refractivity contribution in [2.24, 2.45) is 0 Å². The van der Waals surface area contributed by atoms with Gasteiger partial charge in [-0.15, -0.1) is 0 Å². The molecule has 1 aromatic carbocycles. The Morgan fingerprint density at radius 2 is 2.00 bits per heavy atom.